The summed E-state index contributed by atoms with van der Waals surface area (Å²) in [5.41, 5.74) is 1.90. The largest absolute Gasteiger partial charge is 0.494 e. The van der Waals surface area contributed by atoms with Crippen LogP contribution in [0.25, 0.3) is 11.1 Å². The fraction of sp³-hybridized carbons (Fsp3) is 0.325. The molecule has 0 spiro atoms. The number of ether oxygens (including phenoxy) is 3. The maximum absolute atomic E-state index is 14.4. The van der Waals surface area contributed by atoms with Gasteiger partial charge in [-0.1, -0.05) is 66.7 Å². The average Bonchev–Trinajstić information content (AvgIpc) is 3.48. The second kappa shape index (κ2) is 15.9. The molecule has 0 unspecified atom stereocenters. The van der Waals surface area contributed by atoms with Crippen molar-refractivity contribution in [3.63, 3.8) is 0 Å². The van der Waals surface area contributed by atoms with Gasteiger partial charge in [0.2, 0.25) is 5.90 Å². The van der Waals surface area contributed by atoms with Crippen LogP contribution in [0.15, 0.2) is 108 Å². The van der Waals surface area contributed by atoms with Crippen LogP contribution in [0.3, 0.4) is 0 Å². The Morgan fingerprint density at radius 2 is 1.61 bits per heavy atom. The minimum absolute atomic E-state index is 0.0185. The normalized spacial score (nSPS) is 17.2. The van der Waals surface area contributed by atoms with E-state index in [2.05, 4.69) is 5.32 Å². The molecule has 1 aliphatic heterocycles. The molecule has 256 valence electrons. The predicted molar refractivity (Wildman–Crippen MR) is 187 cm³/mol. The number of aliphatic hydroxyl groups is 1. The van der Waals surface area contributed by atoms with Gasteiger partial charge in [0, 0.05) is 31.6 Å². The van der Waals surface area contributed by atoms with Crippen molar-refractivity contribution in [3.05, 3.63) is 126 Å². The van der Waals surface area contributed by atoms with Crippen LogP contribution in [0.4, 0.5) is 4.39 Å². The molecule has 49 heavy (non-hydrogen) atoms. The number of aliphatic imine (C=N–C) groups is 1. The highest BCUT2D eigenvalue weighted by Crippen LogP contribution is 2.44. The number of nitrogens with one attached hydrogen (secondary N) is 1. The zero-order valence-electron chi connectivity index (χ0n) is 28.2. The number of rotatable bonds is 14. The summed E-state index contributed by atoms with van der Waals surface area (Å²) in [5, 5.41) is 12.1. The van der Waals surface area contributed by atoms with Crippen molar-refractivity contribution in [3.8, 4) is 16.9 Å². The molecule has 0 saturated carbocycles. The van der Waals surface area contributed by atoms with E-state index < -0.39 is 29.1 Å². The van der Waals surface area contributed by atoms with E-state index in [-0.39, 0.29) is 37.7 Å². The Bertz CT molecular complexity index is 1740. The minimum Gasteiger partial charge on any atom is -0.494 e. The second-order valence-corrected chi connectivity index (χ2v) is 13.0. The summed E-state index contributed by atoms with van der Waals surface area (Å²) < 4.78 is 31.7. The number of hydrogen-bond donors (Lipinski definition) is 2. The summed E-state index contributed by atoms with van der Waals surface area (Å²) in [7, 11) is 0. The maximum atomic E-state index is 14.4. The van der Waals surface area contributed by atoms with Gasteiger partial charge in [-0.25, -0.2) is 9.38 Å². The minimum atomic E-state index is -1.53. The predicted octanol–water partition coefficient (Wildman–Crippen LogP) is 6.99. The summed E-state index contributed by atoms with van der Waals surface area (Å²) in [6.45, 7) is 6.01. The Morgan fingerprint density at radius 3 is 2.29 bits per heavy atom. The number of hydrogen-bond acceptors (Lipinski definition) is 7. The van der Waals surface area contributed by atoms with Gasteiger partial charge in [0.25, 0.3) is 5.91 Å². The number of carbonyl (C=O) groups excluding carboxylic acids is 2. The number of amides is 1. The Balaban J connectivity index is 1.50. The summed E-state index contributed by atoms with van der Waals surface area (Å²) in [5.74, 6) is -0.340. The highest BCUT2D eigenvalue weighted by atomic mass is 19.1. The number of halogens is 1. The molecule has 0 fully saturated rings. The van der Waals surface area contributed by atoms with Gasteiger partial charge in [-0.2, -0.15) is 0 Å². The Hall–Kier alpha value is -5.02. The smallest absolute Gasteiger partial charge is 0.306 e. The quantitative estimate of drug-likeness (QED) is 0.111. The van der Waals surface area contributed by atoms with Crippen LogP contribution in [-0.4, -0.2) is 53.8 Å². The molecule has 1 amide bonds. The number of carbonyl (C=O) groups is 2. The Morgan fingerprint density at radius 1 is 0.918 bits per heavy atom. The van der Waals surface area contributed by atoms with Crippen molar-refractivity contribution < 1.29 is 33.3 Å². The molecule has 0 bridgehead atoms. The number of nitrogens with zero attached hydrogens (tertiary/aromatic N) is 1. The van der Waals surface area contributed by atoms with Gasteiger partial charge in [-0.05, 0) is 92.3 Å². The van der Waals surface area contributed by atoms with Gasteiger partial charge < -0.3 is 24.6 Å². The fourth-order valence-electron chi connectivity index (χ4n) is 5.70. The molecule has 4 aromatic rings. The molecule has 8 nitrogen and oxygen atoms in total. The maximum Gasteiger partial charge on any atom is 0.306 e. The van der Waals surface area contributed by atoms with Crippen LogP contribution >= 0.6 is 0 Å². The lowest BCUT2D eigenvalue weighted by molar-refractivity contribution is -0.155. The number of esters is 1. The number of benzene rings is 4. The van der Waals surface area contributed by atoms with Gasteiger partial charge in [0.15, 0.2) is 11.6 Å². The zero-order valence-corrected chi connectivity index (χ0v) is 28.2. The van der Waals surface area contributed by atoms with Gasteiger partial charge >= 0.3 is 5.97 Å². The first-order chi connectivity index (χ1) is 23.6. The topological polar surface area (TPSA) is 106 Å². The van der Waals surface area contributed by atoms with Crippen molar-refractivity contribution >= 4 is 17.8 Å². The number of aliphatic hydroxyl groups excluding tert-OH is 1. The van der Waals surface area contributed by atoms with E-state index in [1.807, 2.05) is 54.6 Å². The van der Waals surface area contributed by atoms with E-state index in [0.29, 0.717) is 36.3 Å². The molecule has 2 N–H and O–H groups in total. The molecule has 9 heteroatoms. The molecule has 4 aromatic carbocycles. The summed E-state index contributed by atoms with van der Waals surface area (Å²) in [4.78, 5) is 32.4. The van der Waals surface area contributed by atoms with Crippen molar-refractivity contribution in [1.82, 2.24) is 5.32 Å². The van der Waals surface area contributed by atoms with Crippen LogP contribution in [-0.2, 0) is 25.5 Å². The molecule has 0 radical (unpaired) electrons. The van der Waals surface area contributed by atoms with Crippen LogP contribution in [0.2, 0.25) is 0 Å². The van der Waals surface area contributed by atoms with Gasteiger partial charge in [-0.15, -0.1) is 0 Å². The molecular formula is C40H43FN2O6. The first-order valence-corrected chi connectivity index (χ1v) is 16.6. The first-order valence-electron chi connectivity index (χ1n) is 16.6. The van der Waals surface area contributed by atoms with Crippen molar-refractivity contribution in [2.45, 2.75) is 63.7 Å². The molecule has 0 aromatic heterocycles. The van der Waals surface area contributed by atoms with Crippen LogP contribution in [0, 0.1) is 5.82 Å². The standard InChI is InChI=1S/C40H43FN2O6/c1-39(2,3)49-35(45)21-23-40(38(46)42-24-22-28-9-7-12-33(41)27-28)36(31-15-13-30(14-16-31)29-10-5-4-6-11-29)48-37(43-40)32-17-19-34(20-18-32)47-26-8-25-44/h4-7,9-20,27,36,44H,8,21-26H2,1-3H3,(H,42,46)/t36-,40-/m1/s1. The van der Waals surface area contributed by atoms with E-state index in [1.54, 1.807) is 57.2 Å². The molecule has 1 heterocycles. The Kier molecular flexibility index (Phi) is 11.5. The molecule has 5 rings (SSSR count). The summed E-state index contributed by atoms with van der Waals surface area (Å²) >= 11 is 0. The third kappa shape index (κ3) is 9.32. The van der Waals surface area contributed by atoms with Gasteiger partial charge in [-0.3, -0.25) is 9.59 Å². The highest BCUT2D eigenvalue weighted by Gasteiger charge is 2.53. The van der Waals surface area contributed by atoms with Crippen LogP contribution < -0.4 is 10.1 Å². The first kappa shape index (κ1) is 35.3. The molecule has 0 saturated heterocycles. The lowest BCUT2D eigenvalue weighted by Gasteiger charge is -2.31. The second-order valence-electron chi connectivity index (χ2n) is 13.0. The van der Waals surface area contributed by atoms with E-state index in [4.69, 9.17) is 24.3 Å². The van der Waals surface area contributed by atoms with Gasteiger partial charge in [0.1, 0.15) is 17.2 Å². The molecule has 0 aliphatic carbocycles. The third-order valence-corrected chi connectivity index (χ3v) is 8.07. The fourth-order valence-corrected chi connectivity index (χ4v) is 5.70. The molecular weight excluding hydrogens is 623 g/mol. The molecule has 1 aliphatic rings. The lowest BCUT2D eigenvalue weighted by Crippen LogP contribution is -2.49. The van der Waals surface area contributed by atoms with Crippen LogP contribution in [0.1, 0.15) is 62.8 Å². The molecule has 2 atom stereocenters. The van der Waals surface area contributed by atoms with Crippen molar-refractivity contribution in [1.29, 1.82) is 0 Å². The zero-order chi connectivity index (χ0) is 34.9. The summed E-state index contributed by atoms with van der Waals surface area (Å²) in [6.07, 6.45) is -0.0200. The summed E-state index contributed by atoms with van der Waals surface area (Å²) in [6, 6.07) is 31.2. The van der Waals surface area contributed by atoms with Crippen molar-refractivity contribution in [2.24, 2.45) is 4.99 Å². The lowest BCUT2D eigenvalue weighted by atomic mass is 9.83. The van der Waals surface area contributed by atoms with E-state index in [1.165, 1.54) is 12.1 Å². The monoisotopic (exact) mass is 666 g/mol. The van der Waals surface area contributed by atoms with E-state index >= 15 is 0 Å². The third-order valence-electron chi connectivity index (χ3n) is 8.07. The highest BCUT2D eigenvalue weighted by molar-refractivity contribution is 6.01. The Labute approximate surface area is 287 Å². The van der Waals surface area contributed by atoms with Crippen LogP contribution in [0.5, 0.6) is 5.75 Å². The average molecular weight is 667 g/mol. The van der Waals surface area contributed by atoms with Gasteiger partial charge in [0.05, 0.1) is 6.61 Å². The van der Waals surface area contributed by atoms with E-state index in [0.717, 1.165) is 16.7 Å². The SMILES string of the molecule is CC(C)(C)OC(=O)CC[C@@]1(C(=O)NCCc2cccc(F)c2)N=C(c2ccc(OCCCO)cc2)O[C@@H]1c1ccc(-c2ccccc2)cc1. The van der Waals surface area contributed by atoms with E-state index in [9.17, 15) is 14.0 Å². The van der Waals surface area contributed by atoms with Crippen molar-refractivity contribution in [2.75, 3.05) is 19.8 Å².